The molecule has 0 spiro atoms. The number of hydrogen-bond acceptors (Lipinski definition) is 3. The first-order chi connectivity index (χ1) is 7.78. The molecule has 1 aromatic rings. The first-order valence-corrected chi connectivity index (χ1v) is 6.86. The molecule has 0 saturated heterocycles. The monoisotopic (exact) mass is 238 g/mol. The van der Waals surface area contributed by atoms with E-state index in [0.29, 0.717) is 24.2 Å². The fourth-order valence-corrected chi connectivity index (χ4v) is 2.90. The summed E-state index contributed by atoms with van der Waals surface area (Å²) in [6.45, 7) is 2.81. The second kappa shape index (κ2) is 5.60. The summed E-state index contributed by atoms with van der Waals surface area (Å²) < 4.78 is 5.49. The Morgan fingerprint density at radius 3 is 3.00 bits per heavy atom. The molecule has 1 fully saturated rings. The molecule has 2 nitrogen and oxygen atoms in total. The third-order valence-corrected chi connectivity index (χ3v) is 3.82. The number of ether oxygens (including phenoxy) is 1. The van der Waals surface area contributed by atoms with Gasteiger partial charge in [0.15, 0.2) is 0 Å². The van der Waals surface area contributed by atoms with Crippen molar-refractivity contribution in [3.8, 4) is 0 Å². The fourth-order valence-electron chi connectivity index (χ4n) is 2.23. The van der Waals surface area contributed by atoms with Crippen LogP contribution in [0.2, 0.25) is 0 Å². The molecule has 1 aromatic heterocycles. The summed E-state index contributed by atoms with van der Waals surface area (Å²) in [4.78, 5) is 11.7. The summed E-state index contributed by atoms with van der Waals surface area (Å²) in [5.74, 6) is 0.945. The van der Waals surface area contributed by atoms with E-state index in [-0.39, 0.29) is 0 Å². The van der Waals surface area contributed by atoms with Gasteiger partial charge in [0.05, 0.1) is 6.10 Å². The molecule has 0 bridgehead atoms. The molecule has 1 aliphatic rings. The Kier molecular flexibility index (Phi) is 4.13. The van der Waals surface area contributed by atoms with Crippen LogP contribution in [0, 0.1) is 5.92 Å². The summed E-state index contributed by atoms with van der Waals surface area (Å²) in [7, 11) is 0. The molecule has 1 aliphatic carbocycles. The predicted molar refractivity (Wildman–Crippen MR) is 65.8 cm³/mol. The summed E-state index contributed by atoms with van der Waals surface area (Å²) >= 11 is 1.65. The van der Waals surface area contributed by atoms with Gasteiger partial charge in [-0.25, -0.2) is 0 Å². The van der Waals surface area contributed by atoms with Gasteiger partial charge in [0.2, 0.25) is 0 Å². The molecule has 3 heteroatoms. The molecule has 16 heavy (non-hydrogen) atoms. The van der Waals surface area contributed by atoms with Gasteiger partial charge in [-0.05, 0) is 48.1 Å². The molecule has 88 valence electrons. The van der Waals surface area contributed by atoms with Crippen molar-refractivity contribution in [3.05, 3.63) is 22.4 Å². The van der Waals surface area contributed by atoms with Crippen LogP contribution in [0.25, 0.3) is 0 Å². The van der Waals surface area contributed by atoms with Gasteiger partial charge in [0, 0.05) is 19.4 Å². The third-order valence-electron chi connectivity index (χ3n) is 3.09. The number of rotatable bonds is 6. The van der Waals surface area contributed by atoms with Crippen molar-refractivity contribution < 1.29 is 9.53 Å². The van der Waals surface area contributed by atoms with E-state index in [1.807, 2.05) is 18.4 Å². The number of carbonyl (C=O) groups is 1. The lowest BCUT2D eigenvalue weighted by atomic mass is 9.78. The molecule has 0 N–H and O–H groups in total. The van der Waals surface area contributed by atoms with Crippen molar-refractivity contribution in [1.82, 2.24) is 0 Å². The second-order valence-corrected chi connectivity index (χ2v) is 5.25. The number of thiophene rings is 1. The molecule has 0 amide bonds. The lowest BCUT2D eigenvalue weighted by molar-refractivity contribution is -0.121. The van der Waals surface area contributed by atoms with Gasteiger partial charge in [0.1, 0.15) is 5.78 Å². The minimum atomic E-state index is 0.373. The van der Waals surface area contributed by atoms with Crippen LogP contribution in [0.4, 0.5) is 0 Å². The highest BCUT2D eigenvalue weighted by Crippen LogP contribution is 2.33. The van der Waals surface area contributed by atoms with Gasteiger partial charge in [-0.2, -0.15) is 11.3 Å². The molecule has 0 unspecified atom stereocenters. The minimum absolute atomic E-state index is 0.373. The smallest absolute Gasteiger partial charge is 0.137 e. The lowest BCUT2D eigenvalue weighted by Crippen LogP contribution is -2.32. The van der Waals surface area contributed by atoms with E-state index in [9.17, 15) is 4.79 Å². The largest absolute Gasteiger partial charge is 0.378 e. The van der Waals surface area contributed by atoms with Gasteiger partial charge in [-0.1, -0.05) is 0 Å². The van der Waals surface area contributed by atoms with Gasteiger partial charge in [-0.3, -0.25) is 4.79 Å². The zero-order chi connectivity index (χ0) is 11.4. The highest BCUT2D eigenvalue weighted by Gasteiger charge is 2.30. The van der Waals surface area contributed by atoms with Gasteiger partial charge in [-0.15, -0.1) is 0 Å². The van der Waals surface area contributed by atoms with E-state index >= 15 is 0 Å². The zero-order valence-electron chi connectivity index (χ0n) is 9.65. The van der Waals surface area contributed by atoms with E-state index < -0.39 is 0 Å². The first kappa shape index (κ1) is 11.8. The van der Waals surface area contributed by atoms with Crippen LogP contribution in [0.3, 0.4) is 0 Å². The standard InChI is InChI=1S/C13H18O2S/c1-2-15-13-7-11(8-13)6-12(14)5-10-3-4-16-9-10/h3-4,9,11,13H,2,5-8H2,1H3. The number of ketones is 1. The summed E-state index contributed by atoms with van der Waals surface area (Å²) in [5.41, 5.74) is 1.16. The second-order valence-electron chi connectivity index (χ2n) is 4.47. The van der Waals surface area contributed by atoms with Crippen molar-refractivity contribution >= 4 is 17.1 Å². The van der Waals surface area contributed by atoms with E-state index in [4.69, 9.17) is 4.74 Å². The number of Topliss-reactive ketones (excluding diaryl/α,β-unsaturated/α-hetero) is 1. The molecule has 0 atom stereocenters. The Bertz CT molecular complexity index is 326. The van der Waals surface area contributed by atoms with E-state index in [1.54, 1.807) is 11.3 Å². The highest BCUT2D eigenvalue weighted by molar-refractivity contribution is 7.07. The van der Waals surface area contributed by atoms with Crippen molar-refractivity contribution in [2.24, 2.45) is 5.92 Å². The average Bonchev–Trinajstić information content (AvgIpc) is 2.67. The summed E-state index contributed by atoms with van der Waals surface area (Å²) in [6.07, 6.45) is 3.91. The highest BCUT2D eigenvalue weighted by atomic mass is 32.1. The Hall–Kier alpha value is -0.670. The molecular weight excluding hydrogens is 220 g/mol. The Labute approximate surface area is 101 Å². The molecule has 0 aromatic carbocycles. The maximum absolute atomic E-state index is 11.7. The summed E-state index contributed by atoms with van der Waals surface area (Å²) in [6, 6.07) is 2.03. The van der Waals surface area contributed by atoms with Crippen molar-refractivity contribution in [2.45, 2.75) is 38.7 Å². The van der Waals surface area contributed by atoms with Gasteiger partial charge >= 0.3 is 0 Å². The van der Waals surface area contributed by atoms with E-state index in [1.165, 1.54) is 0 Å². The van der Waals surface area contributed by atoms with Crippen LogP contribution in [-0.2, 0) is 16.0 Å². The van der Waals surface area contributed by atoms with Crippen LogP contribution >= 0.6 is 11.3 Å². The first-order valence-electron chi connectivity index (χ1n) is 5.92. The van der Waals surface area contributed by atoms with Crippen molar-refractivity contribution in [2.75, 3.05) is 6.61 Å². The topological polar surface area (TPSA) is 26.3 Å². The van der Waals surface area contributed by atoms with Crippen molar-refractivity contribution in [1.29, 1.82) is 0 Å². The van der Waals surface area contributed by atoms with Crippen LogP contribution in [0.1, 0.15) is 31.7 Å². The molecule has 2 rings (SSSR count). The Balaban J connectivity index is 1.66. The van der Waals surface area contributed by atoms with E-state index in [2.05, 4.69) is 5.38 Å². The van der Waals surface area contributed by atoms with Crippen LogP contribution in [0.15, 0.2) is 16.8 Å². The molecule has 1 saturated carbocycles. The van der Waals surface area contributed by atoms with Crippen LogP contribution in [0.5, 0.6) is 0 Å². The SMILES string of the molecule is CCOC1CC(CC(=O)Cc2ccsc2)C1. The minimum Gasteiger partial charge on any atom is -0.378 e. The quantitative estimate of drug-likeness (QED) is 0.761. The molecule has 0 aliphatic heterocycles. The van der Waals surface area contributed by atoms with Gasteiger partial charge < -0.3 is 4.74 Å². The number of hydrogen-bond donors (Lipinski definition) is 0. The molecular formula is C13H18O2S. The van der Waals surface area contributed by atoms with Crippen LogP contribution in [-0.4, -0.2) is 18.5 Å². The van der Waals surface area contributed by atoms with Gasteiger partial charge in [0.25, 0.3) is 0 Å². The molecule has 0 radical (unpaired) electrons. The zero-order valence-corrected chi connectivity index (χ0v) is 10.5. The predicted octanol–water partition coefficient (Wildman–Crippen LogP) is 3.06. The number of carbonyl (C=O) groups excluding carboxylic acids is 1. The van der Waals surface area contributed by atoms with Crippen molar-refractivity contribution in [3.63, 3.8) is 0 Å². The summed E-state index contributed by atoms with van der Waals surface area (Å²) in [5, 5.41) is 4.08. The maximum Gasteiger partial charge on any atom is 0.137 e. The average molecular weight is 238 g/mol. The normalized spacial score (nSPS) is 24.1. The van der Waals surface area contributed by atoms with E-state index in [0.717, 1.165) is 31.4 Å². The maximum atomic E-state index is 11.7. The lowest BCUT2D eigenvalue weighted by Gasteiger charge is -2.34. The molecule has 1 heterocycles. The Morgan fingerprint density at radius 2 is 2.38 bits per heavy atom. The fraction of sp³-hybridized carbons (Fsp3) is 0.615. The Morgan fingerprint density at radius 1 is 1.56 bits per heavy atom. The van der Waals surface area contributed by atoms with Crippen LogP contribution < -0.4 is 0 Å². The third kappa shape index (κ3) is 3.16.